The number of hydrogen-bond donors (Lipinski definition) is 1. The molecule has 0 aliphatic rings. The number of rotatable bonds is 3. The van der Waals surface area contributed by atoms with Crippen LogP contribution in [0.4, 0.5) is 0 Å². The van der Waals surface area contributed by atoms with Crippen molar-refractivity contribution in [3.8, 4) is 6.07 Å². The largest absolute Gasteiger partial charge is 0.392 e. The summed E-state index contributed by atoms with van der Waals surface area (Å²) in [6.45, 7) is 2.84. The van der Waals surface area contributed by atoms with Gasteiger partial charge in [0.15, 0.2) is 0 Å². The third kappa shape index (κ3) is 2.55. The van der Waals surface area contributed by atoms with Gasteiger partial charge in [-0.1, -0.05) is 6.07 Å². The first-order valence-electron chi connectivity index (χ1n) is 5.48. The quantitative estimate of drug-likeness (QED) is 0.872. The molecule has 0 unspecified atom stereocenters. The minimum absolute atomic E-state index is 0.0688. The lowest BCUT2D eigenvalue weighted by Gasteiger charge is -2.07. The maximum atomic E-state index is 8.99. The first kappa shape index (κ1) is 11.4. The smallest absolute Gasteiger partial charge is 0.0991 e. The number of nitrogens with zero attached hydrogens (tertiary/aromatic N) is 2. The van der Waals surface area contributed by atoms with Gasteiger partial charge in [0.05, 0.1) is 18.2 Å². The van der Waals surface area contributed by atoms with Crippen LogP contribution in [-0.4, -0.2) is 9.67 Å². The molecule has 0 radical (unpaired) electrons. The summed E-state index contributed by atoms with van der Waals surface area (Å²) in [4.78, 5) is 0. The van der Waals surface area contributed by atoms with Crippen LogP contribution >= 0.6 is 0 Å². The molecule has 0 amide bonds. The summed E-state index contributed by atoms with van der Waals surface area (Å²) in [6, 6.07) is 9.74. The predicted molar refractivity (Wildman–Crippen MR) is 65.4 cm³/mol. The second-order valence-corrected chi connectivity index (χ2v) is 4.10. The minimum atomic E-state index is 0.0688. The molecule has 1 aromatic carbocycles. The van der Waals surface area contributed by atoms with Crippen LogP contribution in [0.1, 0.15) is 22.3 Å². The van der Waals surface area contributed by atoms with E-state index >= 15 is 0 Å². The van der Waals surface area contributed by atoms with E-state index < -0.39 is 0 Å². The molecule has 0 aliphatic carbocycles. The van der Waals surface area contributed by atoms with Crippen LogP contribution in [0.15, 0.2) is 36.7 Å². The van der Waals surface area contributed by atoms with Crippen molar-refractivity contribution < 1.29 is 5.11 Å². The Hall–Kier alpha value is -2.05. The lowest BCUT2D eigenvalue weighted by atomic mass is 10.1. The zero-order valence-electron chi connectivity index (χ0n) is 9.72. The Morgan fingerprint density at radius 2 is 2.18 bits per heavy atom. The van der Waals surface area contributed by atoms with E-state index in [-0.39, 0.29) is 6.61 Å². The van der Waals surface area contributed by atoms with Crippen LogP contribution in [-0.2, 0) is 13.2 Å². The van der Waals surface area contributed by atoms with Crippen molar-refractivity contribution in [1.29, 1.82) is 5.26 Å². The van der Waals surface area contributed by atoms with E-state index in [4.69, 9.17) is 10.4 Å². The molecule has 0 fully saturated rings. The van der Waals surface area contributed by atoms with Gasteiger partial charge in [-0.25, -0.2) is 0 Å². The van der Waals surface area contributed by atoms with Crippen molar-refractivity contribution in [3.05, 3.63) is 58.9 Å². The van der Waals surface area contributed by atoms with E-state index in [1.54, 1.807) is 0 Å². The molecule has 0 spiro atoms. The third-order valence-electron chi connectivity index (χ3n) is 2.82. The van der Waals surface area contributed by atoms with E-state index in [1.165, 1.54) is 5.56 Å². The number of benzene rings is 1. The summed E-state index contributed by atoms with van der Waals surface area (Å²) < 4.78 is 2.03. The average Bonchev–Trinajstić information content (AvgIpc) is 2.79. The zero-order chi connectivity index (χ0) is 12.3. The van der Waals surface area contributed by atoms with Gasteiger partial charge in [0, 0.05) is 18.9 Å². The number of aromatic nitrogens is 1. The normalized spacial score (nSPS) is 10.2. The number of hydrogen-bond acceptors (Lipinski definition) is 2. The van der Waals surface area contributed by atoms with Crippen LogP contribution in [0, 0.1) is 18.3 Å². The van der Waals surface area contributed by atoms with Gasteiger partial charge >= 0.3 is 0 Å². The van der Waals surface area contributed by atoms with Gasteiger partial charge in [0.2, 0.25) is 0 Å². The van der Waals surface area contributed by atoms with Crippen LogP contribution < -0.4 is 0 Å². The van der Waals surface area contributed by atoms with Crippen molar-refractivity contribution in [3.63, 3.8) is 0 Å². The molecule has 0 saturated carbocycles. The second-order valence-electron chi connectivity index (χ2n) is 4.10. The number of nitriles is 1. The fourth-order valence-electron chi connectivity index (χ4n) is 1.82. The summed E-state index contributed by atoms with van der Waals surface area (Å²) >= 11 is 0. The molecular formula is C14H14N2O. The lowest BCUT2D eigenvalue weighted by Crippen LogP contribution is -1.99. The summed E-state index contributed by atoms with van der Waals surface area (Å²) in [5.41, 5.74) is 3.90. The first-order chi connectivity index (χ1) is 8.22. The number of aryl methyl sites for hydroxylation is 1. The molecule has 0 aliphatic heterocycles. The van der Waals surface area contributed by atoms with Crippen LogP contribution in [0.3, 0.4) is 0 Å². The Kier molecular flexibility index (Phi) is 3.27. The molecule has 1 N–H and O–H groups in total. The predicted octanol–water partition coefficient (Wildman–Crippen LogP) is 2.21. The first-order valence-corrected chi connectivity index (χ1v) is 5.48. The SMILES string of the molecule is Cc1cc(C#N)ccc1Cn1ccc(CO)c1. The number of aliphatic hydroxyl groups is 1. The highest BCUT2D eigenvalue weighted by molar-refractivity contribution is 5.37. The summed E-state index contributed by atoms with van der Waals surface area (Å²) in [5.74, 6) is 0. The van der Waals surface area contributed by atoms with Gasteiger partial charge in [-0.05, 0) is 41.8 Å². The van der Waals surface area contributed by atoms with Crippen LogP contribution in [0.25, 0.3) is 0 Å². The molecule has 17 heavy (non-hydrogen) atoms. The fraction of sp³-hybridized carbons (Fsp3) is 0.214. The molecule has 0 saturated heterocycles. The highest BCUT2D eigenvalue weighted by Crippen LogP contribution is 2.13. The van der Waals surface area contributed by atoms with Crippen molar-refractivity contribution >= 4 is 0 Å². The van der Waals surface area contributed by atoms with Crippen molar-refractivity contribution in [2.45, 2.75) is 20.1 Å². The van der Waals surface area contributed by atoms with Crippen LogP contribution in [0.5, 0.6) is 0 Å². The lowest BCUT2D eigenvalue weighted by molar-refractivity contribution is 0.282. The van der Waals surface area contributed by atoms with E-state index in [0.717, 1.165) is 17.7 Å². The molecule has 2 aromatic rings. The summed E-state index contributed by atoms with van der Waals surface area (Å²) in [7, 11) is 0. The average molecular weight is 226 g/mol. The van der Waals surface area contributed by atoms with Gasteiger partial charge < -0.3 is 9.67 Å². The Morgan fingerprint density at radius 1 is 1.35 bits per heavy atom. The van der Waals surface area contributed by atoms with Crippen molar-refractivity contribution in [2.24, 2.45) is 0 Å². The maximum Gasteiger partial charge on any atom is 0.0991 e. The summed E-state index contributed by atoms with van der Waals surface area (Å²) in [5, 5.41) is 17.8. The fourth-order valence-corrected chi connectivity index (χ4v) is 1.82. The molecule has 0 atom stereocenters. The highest BCUT2D eigenvalue weighted by Gasteiger charge is 2.02. The van der Waals surface area contributed by atoms with Gasteiger partial charge in [0.25, 0.3) is 0 Å². The Morgan fingerprint density at radius 3 is 2.76 bits per heavy atom. The molecule has 1 aromatic heterocycles. The van der Waals surface area contributed by atoms with Gasteiger partial charge in [-0.2, -0.15) is 5.26 Å². The van der Waals surface area contributed by atoms with Crippen LogP contribution in [0.2, 0.25) is 0 Å². The third-order valence-corrected chi connectivity index (χ3v) is 2.82. The topological polar surface area (TPSA) is 49.0 Å². The number of aliphatic hydroxyl groups excluding tert-OH is 1. The minimum Gasteiger partial charge on any atom is -0.392 e. The van der Waals surface area contributed by atoms with E-state index in [9.17, 15) is 0 Å². The van der Waals surface area contributed by atoms with Gasteiger partial charge in [0.1, 0.15) is 0 Å². The highest BCUT2D eigenvalue weighted by atomic mass is 16.3. The Balaban J connectivity index is 2.21. The van der Waals surface area contributed by atoms with Crippen molar-refractivity contribution in [2.75, 3.05) is 0 Å². The molecular weight excluding hydrogens is 212 g/mol. The molecule has 0 bridgehead atoms. The Labute approximate surface area is 101 Å². The standard InChI is InChI=1S/C14H14N2O/c1-11-6-12(7-15)2-3-14(11)9-16-5-4-13(8-16)10-17/h2-6,8,17H,9-10H2,1H3. The molecule has 3 heteroatoms. The monoisotopic (exact) mass is 226 g/mol. The van der Waals surface area contributed by atoms with Gasteiger partial charge in [-0.3, -0.25) is 0 Å². The summed E-state index contributed by atoms with van der Waals surface area (Å²) in [6.07, 6.45) is 3.88. The molecule has 3 nitrogen and oxygen atoms in total. The Bertz CT molecular complexity index is 564. The van der Waals surface area contributed by atoms with Gasteiger partial charge in [-0.15, -0.1) is 0 Å². The van der Waals surface area contributed by atoms with E-state index in [2.05, 4.69) is 6.07 Å². The maximum absolute atomic E-state index is 8.99. The molecule has 2 rings (SSSR count). The van der Waals surface area contributed by atoms with E-state index in [1.807, 2.05) is 48.1 Å². The molecule has 86 valence electrons. The molecule has 1 heterocycles. The van der Waals surface area contributed by atoms with E-state index in [0.29, 0.717) is 5.56 Å². The second kappa shape index (κ2) is 4.86. The zero-order valence-corrected chi connectivity index (χ0v) is 9.72. The van der Waals surface area contributed by atoms with Crippen molar-refractivity contribution in [1.82, 2.24) is 4.57 Å².